The first kappa shape index (κ1) is 15.1. The molecule has 0 aromatic heterocycles. The van der Waals surface area contributed by atoms with Gasteiger partial charge in [0.15, 0.2) is 0 Å². The van der Waals surface area contributed by atoms with E-state index in [4.69, 9.17) is 16.3 Å². The summed E-state index contributed by atoms with van der Waals surface area (Å²) in [5.74, 6) is 0.634. The largest absolute Gasteiger partial charge is 0.495 e. The molecule has 1 unspecified atom stereocenters. The van der Waals surface area contributed by atoms with Crippen LogP contribution in [0.15, 0.2) is 18.2 Å². The number of methoxy groups -OCH3 is 1. The highest BCUT2D eigenvalue weighted by Gasteiger charge is 2.14. The molecule has 1 saturated heterocycles. The van der Waals surface area contributed by atoms with Gasteiger partial charge in [0, 0.05) is 18.2 Å². The Hall–Kier alpha value is -1.26. The molecule has 2 rings (SSSR count). The summed E-state index contributed by atoms with van der Waals surface area (Å²) in [6, 6.07) is 5.73. The molecule has 0 saturated carbocycles. The van der Waals surface area contributed by atoms with Gasteiger partial charge in [-0.1, -0.05) is 18.0 Å². The van der Waals surface area contributed by atoms with Gasteiger partial charge in [0.2, 0.25) is 5.91 Å². The maximum atomic E-state index is 11.9. The number of piperidine rings is 1. The molecule has 20 heavy (non-hydrogen) atoms. The lowest BCUT2D eigenvalue weighted by atomic mass is 10.0. The minimum absolute atomic E-state index is 0.0265. The van der Waals surface area contributed by atoms with E-state index in [0.29, 0.717) is 28.9 Å². The molecule has 1 aromatic carbocycles. The Balaban J connectivity index is 1.80. The molecule has 0 spiro atoms. The second-order valence-corrected chi connectivity index (χ2v) is 5.49. The number of hydrogen-bond donors (Lipinski definition) is 2. The van der Waals surface area contributed by atoms with E-state index in [9.17, 15) is 4.79 Å². The number of amides is 1. The second-order valence-electron chi connectivity index (χ2n) is 5.08. The zero-order valence-corrected chi connectivity index (χ0v) is 12.5. The quantitative estimate of drug-likeness (QED) is 0.877. The van der Waals surface area contributed by atoms with Crippen LogP contribution in [0, 0.1) is 0 Å². The van der Waals surface area contributed by atoms with Gasteiger partial charge < -0.3 is 15.4 Å². The minimum atomic E-state index is 0.0265. The molecule has 1 aliphatic heterocycles. The number of benzene rings is 1. The molecule has 4 nitrogen and oxygen atoms in total. The lowest BCUT2D eigenvalue weighted by molar-refractivity contribution is -0.116. The zero-order chi connectivity index (χ0) is 14.4. The van der Waals surface area contributed by atoms with Crippen LogP contribution in [-0.4, -0.2) is 25.6 Å². The maximum Gasteiger partial charge on any atom is 0.224 e. The normalized spacial score (nSPS) is 18.6. The molecule has 1 atom stereocenters. The molecule has 0 aliphatic carbocycles. The number of anilines is 1. The van der Waals surface area contributed by atoms with E-state index in [1.807, 2.05) is 0 Å². The number of carbonyl (C=O) groups excluding carboxylic acids is 1. The smallest absolute Gasteiger partial charge is 0.224 e. The van der Waals surface area contributed by atoms with Crippen LogP contribution in [-0.2, 0) is 4.79 Å². The van der Waals surface area contributed by atoms with Crippen molar-refractivity contribution in [1.82, 2.24) is 5.32 Å². The predicted octanol–water partition coefficient (Wildman–Crippen LogP) is 3.21. The highest BCUT2D eigenvalue weighted by molar-refractivity contribution is 6.32. The van der Waals surface area contributed by atoms with Crippen LogP contribution in [0.4, 0.5) is 5.69 Å². The first-order valence-electron chi connectivity index (χ1n) is 7.06. The number of rotatable bonds is 5. The molecule has 110 valence electrons. The molecular weight excluding hydrogens is 276 g/mol. The van der Waals surface area contributed by atoms with E-state index in [1.165, 1.54) is 19.3 Å². The van der Waals surface area contributed by atoms with Crippen molar-refractivity contribution in [2.45, 2.75) is 38.1 Å². The number of ether oxygens (including phenoxy) is 1. The number of halogens is 1. The van der Waals surface area contributed by atoms with Crippen molar-refractivity contribution in [1.29, 1.82) is 0 Å². The molecule has 0 bridgehead atoms. The molecule has 1 aromatic rings. The fourth-order valence-corrected chi connectivity index (χ4v) is 2.70. The Kier molecular flexibility index (Phi) is 5.68. The molecule has 1 amide bonds. The van der Waals surface area contributed by atoms with Crippen LogP contribution in [0.3, 0.4) is 0 Å². The van der Waals surface area contributed by atoms with Gasteiger partial charge >= 0.3 is 0 Å². The molecular formula is C15H21ClN2O2. The van der Waals surface area contributed by atoms with Crippen molar-refractivity contribution >= 4 is 23.2 Å². The summed E-state index contributed by atoms with van der Waals surface area (Å²) in [7, 11) is 1.57. The van der Waals surface area contributed by atoms with Gasteiger partial charge in [0.25, 0.3) is 0 Å². The fraction of sp³-hybridized carbons (Fsp3) is 0.533. The van der Waals surface area contributed by atoms with Crippen LogP contribution in [0.5, 0.6) is 5.75 Å². The van der Waals surface area contributed by atoms with E-state index in [1.54, 1.807) is 25.3 Å². The summed E-state index contributed by atoms with van der Waals surface area (Å²) in [5.41, 5.74) is 0.706. The first-order chi connectivity index (χ1) is 9.69. The number of carbonyl (C=O) groups is 1. The van der Waals surface area contributed by atoms with E-state index >= 15 is 0 Å². The van der Waals surface area contributed by atoms with E-state index in [-0.39, 0.29) is 5.91 Å². The molecule has 2 N–H and O–H groups in total. The summed E-state index contributed by atoms with van der Waals surface area (Å²) >= 11 is 6.03. The lowest BCUT2D eigenvalue weighted by Crippen LogP contribution is -2.34. The summed E-state index contributed by atoms with van der Waals surface area (Å²) in [5, 5.41) is 6.81. The first-order valence-corrected chi connectivity index (χ1v) is 7.43. The van der Waals surface area contributed by atoms with Crippen LogP contribution >= 0.6 is 11.6 Å². The Morgan fingerprint density at radius 1 is 1.50 bits per heavy atom. The summed E-state index contributed by atoms with van der Waals surface area (Å²) in [4.78, 5) is 11.9. The van der Waals surface area contributed by atoms with Crippen molar-refractivity contribution in [3.05, 3.63) is 23.2 Å². The molecule has 1 aliphatic rings. The van der Waals surface area contributed by atoms with Crippen LogP contribution in [0.1, 0.15) is 32.1 Å². The van der Waals surface area contributed by atoms with Gasteiger partial charge in [0.05, 0.1) is 12.1 Å². The van der Waals surface area contributed by atoms with E-state index in [2.05, 4.69) is 10.6 Å². The fourth-order valence-electron chi connectivity index (χ4n) is 2.44. The number of hydrogen-bond acceptors (Lipinski definition) is 3. The van der Waals surface area contributed by atoms with Gasteiger partial charge in [-0.3, -0.25) is 4.79 Å². The molecule has 1 fully saturated rings. The van der Waals surface area contributed by atoms with Crippen molar-refractivity contribution < 1.29 is 9.53 Å². The van der Waals surface area contributed by atoms with Crippen molar-refractivity contribution in [3.8, 4) is 5.75 Å². The summed E-state index contributed by atoms with van der Waals surface area (Å²) < 4.78 is 5.08. The average Bonchev–Trinajstić information content (AvgIpc) is 2.46. The Morgan fingerprint density at radius 3 is 3.00 bits per heavy atom. The molecule has 1 heterocycles. The number of nitrogens with one attached hydrogen (secondary N) is 2. The minimum Gasteiger partial charge on any atom is -0.495 e. The SMILES string of the molecule is COc1ccc(NC(=O)CCC2CCCCN2)cc1Cl. The van der Waals surface area contributed by atoms with E-state index in [0.717, 1.165) is 13.0 Å². The average molecular weight is 297 g/mol. The van der Waals surface area contributed by atoms with Crippen molar-refractivity contribution in [2.24, 2.45) is 0 Å². The van der Waals surface area contributed by atoms with Crippen molar-refractivity contribution in [3.63, 3.8) is 0 Å². The van der Waals surface area contributed by atoms with Crippen LogP contribution in [0.25, 0.3) is 0 Å². The summed E-state index contributed by atoms with van der Waals surface area (Å²) in [6.45, 7) is 1.07. The maximum absolute atomic E-state index is 11.9. The predicted molar refractivity (Wildman–Crippen MR) is 81.5 cm³/mol. The van der Waals surface area contributed by atoms with Gasteiger partial charge in [-0.15, -0.1) is 0 Å². The summed E-state index contributed by atoms with van der Waals surface area (Å²) in [6.07, 6.45) is 5.08. The second kappa shape index (κ2) is 7.50. The van der Waals surface area contributed by atoms with Crippen LogP contribution in [0.2, 0.25) is 5.02 Å². The third kappa shape index (κ3) is 4.39. The third-order valence-electron chi connectivity index (χ3n) is 3.57. The van der Waals surface area contributed by atoms with E-state index < -0.39 is 0 Å². The Morgan fingerprint density at radius 2 is 2.35 bits per heavy atom. The van der Waals surface area contributed by atoms with Crippen molar-refractivity contribution in [2.75, 3.05) is 19.0 Å². The standard InChI is InChI=1S/C15H21ClN2O2/c1-20-14-7-5-12(10-13(14)16)18-15(19)8-6-11-4-2-3-9-17-11/h5,7,10-11,17H,2-4,6,8-9H2,1H3,(H,18,19). The van der Waals surface area contributed by atoms with Gasteiger partial charge in [-0.25, -0.2) is 0 Å². The highest BCUT2D eigenvalue weighted by Crippen LogP contribution is 2.27. The van der Waals surface area contributed by atoms with Crippen LogP contribution < -0.4 is 15.4 Å². The third-order valence-corrected chi connectivity index (χ3v) is 3.86. The molecule has 5 heteroatoms. The Labute approximate surface area is 124 Å². The van der Waals surface area contributed by atoms with Gasteiger partial charge in [0.1, 0.15) is 5.75 Å². The Bertz CT molecular complexity index is 459. The monoisotopic (exact) mass is 296 g/mol. The lowest BCUT2D eigenvalue weighted by Gasteiger charge is -2.23. The van der Waals surface area contributed by atoms with Gasteiger partial charge in [-0.05, 0) is 44.0 Å². The zero-order valence-electron chi connectivity index (χ0n) is 11.7. The van der Waals surface area contributed by atoms with Gasteiger partial charge in [-0.2, -0.15) is 0 Å². The topological polar surface area (TPSA) is 50.4 Å². The highest BCUT2D eigenvalue weighted by atomic mass is 35.5. The molecule has 0 radical (unpaired) electrons.